The second-order valence-electron chi connectivity index (χ2n) is 3.89. The van der Waals surface area contributed by atoms with Gasteiger partial charge >= 0.3 is 5.97 Å². The summed E-state index contributed by atoms with van der Waals surface area (Å²) in [5, 5.41) is 17.8. The van der Waals surface area contributed by atoms with Gasteiger partial charge in [0.2, 0.25) is 0 Å². The van der Waals surface area contributed by atoms with Crippen LogP contribution in [0.4, 0.5) is 0 Å². The number of methoxy groups -OCH3 is 1. The van der Waals surface area contributed by atoms with Gasteiger partial charge in [-0.25, -0.2) is 0 Å². The zero-order valence-corrected chi connectivity index (χ0v) is 12.4. The van der Waals surface area contributed by atoms with Crippen LogP contribution in [0.2, 0.25) is 5.02 Å². The minimum absolute atomic E-state index is 0.0708. The highest BCUT2D eigenvalue weighted by molar-refractivity contribution is 7.99. The molecule has 6 nitrogen and oxygen atoms in total. The summed E-state index contributed by atoms with van der Waals surface area (Å²) < 4.78 is 6.99. The molecule has 0 aliphatic rings. The van der Waals surface area contributed by atoms with E-state index in [0.29, 0.717) is 27.3 Å². The Bertz CT molecular complexity index is 645. The van der Waals surface area contributed by atoms with E-state index in [1.165, 1.54) is 0 Å². The van der Waals surface area contributed by atoms with Crippen molar-refractivity contribution in [2.45, 2.75) is 5.16 Å². The van der Waals surface area contributed by atoms with Gasteiger partial charge in [0, 0.05) is 12.1 Å². The molecule has 2 aromatic rings. The number of rotatable bonds is 5. The van der Waals surface area contributed by atoms with Crippen molar-refractivity contribution in [3.63, 3.8) is 0 Å². The minimum atomic E-state index is -0.903. The first-order valence-electron chi connectivity index (χ1n) is 5.61. The summed E-state index contributed by atoms with van der Waals surface area (Å²) in [5.74, 6) is 0.218. The standard InChI is InChI=1S/C12H12ClN3O3S/c1-16-11(14-15-12(16)20-6-10(17)18)8-5-7(13)3-4-9(8)19-2/h3-5H,6H2,1-2H3,(H,17,18). The van der Waals surface area contributed by atoms with Gasteiger partial charge in [-0.15, -0.1) is 10.2 Å². The number of carbonyl (C=O) groups is 1. The van der Waals surface area contributed by atoms with Crippen molar-refractivity contribution < 1.29 is 14.6 Å². The number of ether oxygens (including phenoxy) is 1. The number of thioether (sulfide) groups is 1. The Balaban J connectivity index is 2.39. The maximum Gasteiger partial charge on any atom is 0.313 e. The highest BCUT2D eigenvalue weighted by Crippen LogP contribution is 2.32. The molecule has 0 bridgehead atoms. The maximum atomic E-state index is 10.6. The molecule has 2 rings (SSSR count). The third-order valence-corrected chi connectivity index (χ3v) is 3.80. The molecule has 0 fully saturated rings. The fraction of sp³-hybridized carbons (Fsp3) is 0.250. The van der Waals surface area contributed by atoms with Gasteiger partial charge in [-0.1, -0.05) is 23.4 Å². The lowest BCUT2D eigenvalue weighted by Crippen LogP contribution is -2.01. The van der Waals surface area contributed by atoms with Gasteiger partial charge in [0.25, 0.3) is 0 Å². The van der Waals surface area contributed by atoms with Crippen molar-refractivity contribution in [1.82, 2.24) is 14.8 Å². The number of nitrogens with zero attached hydrogens (tertiary/aromatic N) is 3. The summed E-state index contributed by atoms with van der Waals surface area (Å²) in [6.07, 6.45) is 0. The lowest BCUT2D eigenvalue weighted by atomic mass is 10.2. The van der Waals surface area contributed by atoms with Crippen LogP contribution in [0.1, 0.15) is 0 Å². The monoisotopic (exact) mass is 313 g/mol. The van der Waals surface area contributed by atoms with Crippen LogP contribution in [0.25, 0.3) is 11.4 Å². The number of aromatic nitrogens is 3. The third-order valence-electron chi connectivity index (χ3n) is 2.56. The van der Waals surface area contributed by atoms with Crippen LogP contribution < -0.4 is 4.74 Å². The summed E-state index contributed by atoms with van der Waals surface area (Å²) in [4.78, 5) is 10.6. The molecule has 0 saturated carbocycles. The predicted octanol–water partition coefficient (Wildman–Crippen LogP) is 2.32. The largest absolute Gasteiger partial charge is 0.496 e. The first-order valence-corrected chi connectivity index (χ1v) is 6.97. The molecule has 106 valence electrons. The lowest BCUT2D eigenvalue weighted by molar-refractivity contribution is -0.133. The number of halogens is 1. The number of hydrogen-bond acceptors (Lipinski definition) is 5. The molecule has 0 spiro atoms. The van der Waals surface area contributed by atoms with Crippen LogP contribution >= 0.6 is 23.4 Å². The second kappa shape index (κ2) is 6.15. The molecule has 0 saturated heterocycles. The lowest BCUT2D eigenvalue weighted by Gasteiger charge is -2.08. The van der Waals surface area contributed by atoms with Gasteiger partial charge in [0.15, 0.2) is 11.0 Å². The SMILES string of the molecule is COc1ccc(Cl)cc1-c1nnc(SCC(=O)O)n1C. The van der Waals surface area contributed by atoms with Crippen LogP contribution in [0.5, 0.6) is 5.75 Å². The molecule has 1 heterocycles. The number of aliphatic carboxylic acids is 1. The van der Waals surface area contributed by atoms with Crippen molar-refractivity contribution in [1.29, 1.82) is 0 Å². The van der Waals surface area contributed by atoms with Gasteiger partial charge in [-0.3, -0.25) is 4.79 Å². The molecular formula is C12H12ClN3O3S. The van der Waals surface area contributed by atoms with Gasteiger partial charge in [-0.05, 0) is 18.2 Å². The van der Waals surface area contributed by atoms with E-state index >= 15 is 0 Å². The van der Waals surface area contributed by atoms with E-state index in [1.807, 2.05) is 0 Å². The molecular weight excluding hydrogens is 302 g/mol. The van der Waals surface area contributed by atoms with Crippen LogP contribution in [0.15, 0.2) is 23.4 Å². The van der Waals surface area contributed by atoms with E-state index in [9.17, 15) is 4.79 Å². The molecule has 1 aromatic carbocycles. The highest BCUT2D eigenvalue weighted by Gasteiger charge is 2.16. The van der Waals surface area contributed by atoms with Crippen LogP contribution in [0, 0.1) is 0 Å². The average Bonchev–Trinajstić information content (AvgIpc) is 2.77. The number of benzene rings is 1. The summed E-state index contributed by atoms with van der Waals surface area (Å²) >= 11 is 7.09. The predicted molar refractivity (Wildman–Crippen MR) is 76.4 cm³/mol. The van der Waals surface area contributed by atoms with Crippen molar-refractivity contribution >= 4 is 29.3 Å². The Hall–Kier alpha value is -1.73. The Kier molecular flexibility index (Phi) is 4.51. The number of carboxylic acid groups (broad SMARTS) is 1. The van der Waals surface area contributed by atoms with E-state index in [-0.39, 0.29) is 5.75 Å². The normalized spacial score (nSPS) is 10.6. The fourth-order valence-electron chi connectivity index (χ4n) is 1.66. The van der Waals surface area contributed by atoms with E-state index in [0.717, 1.165) is 11.8 Å². The molecule has 0 atom stereocenters. The smallest absolute Gasteiger partial charge is 0.313 e. The minimum Gasteiger partial charge on any atom is -0.496 e. The highest BCUT2D eigenvalue weighted by atomic mass is 35.5. The zero-order chi connectivity index (χ0) is 14.7. The van der Waals surface area contributed by atoms with Crippen molar-refractivity contribution in [2.24, 2.45) is 7.05 Å². The molecule has 0 unspecified atom stereocenters. The molecule has 0 radical (unpaired) electrons. The maximum absolute atomic E-state index is 10.6. The first-order chi connectivity index (χ1) is 9.52. The van der Waals surface area contributed by atoms with Crippen LogP contribution in [-0.2, 0) is 11.8 Å². The summed E-state index contributed by atoms with van der Waals surface area (Å²) in [6.45, 7) is 0. The average molecular weight is 314 g/mol. The Labute approximate surface area is 124 Å². The first kappa shape index (κ1) is 14.7. The van der Waals surface area contributed by atoms with Crippen LogP contribution in [-0.4, -0.2) is 38.7 Å². The Morgan fingerprint density at radius 3 is 2.90 bits per heavy atom. The number of hydrogen-bond donors (Lipinski definition) is 1. The number of carboxylic acids is 1. The Morgan fingerprint density at radius 1 is 1.50 bits per heavy atom. The molecule has 8 heteroatoms. The van der Waals surface area contributed by atoms with E-state index in [4.69, 9.17) is 21.4 Å². The van der Waals surface area contributed by atoms with Crippen LogP contribution in [0.3, 0.4) is 0 Å². The summed E-state index contributed by atoms with van der Waals surface area (Å²) in [7, 11) is 3.32. The summed E-state index contributed by atoms with van der Waals surface area (Å²) in [5.41, 5.74) is 0.706. The molecule has 0 aliphatic heterocycles. The molecule has 0 aliphatic carbocycles. The van der Waals surface area contributed by atoms with Gasteiger partial charge in [0.05, 0.1) is 18.4 Å². The van der Waals surface area contributed by atoms with E-state index in [1.54, 1.807) is 36.9 Å². The quantitative estimate of drug-likeness (QED) is 0.854. The third kappa shape index (κ3) is 3.05. The van der Waals surface area contributed by atoms with Gasteiger partial charge in [0.1, 0.15) is 5.75 Å². The molecule has 1 N–H and O–H groups in total. The molecule has 1 aromatic heterocycles. The Morgan fingerprint density at radius 2 is 2.25 bits per heavy atom. The van der Waals surface area contributed by atoms with Crippen molar-refractivity contribution in [3.8, 4) is 17.1 Å². The van der Waals surface area contributed by atoms with Gasteiger partial charge < -0.3 is 14.4 Å². The van der Waals surface area contributed by atoms with Crippen molar-refractivity contribution in [3.05, 3.63) is 23.2 Å². The fourth-order valence-corrected chi connectivity index (χ4v) is 2.46. The topological polar surface area (TPSA) is 77.2 Å². The summed E-state index contributed by atoms with van der Waals surface area (Å²) in [6, 6.07) is 5.20. The molecule has 20 heavy (non-hydrogen) atoms. The second-order valence-corrected chi connectivity index (χ2v) is 5.27. The molecule has 0 amide bonds. The van der Waals surface area contributed by atoms with E-state index in [2.05, 4.69) is 10.2 Å². The van der Waals surface area contributed by atoms with Gasteiger partial charge in [-0.2, -0.15) is 0 Å². The zero-order valence-electron chi connectivity index (χ0n) is 10.8. The van der Waals surface area contributed by atoms with E-state index < -0.39 is 5.97 Å². The van der Waals surface area contributed by atoms with Crippen molar-refractivity contribution in [2.75, 3.05) is 12.9 Å².